The summed E-state index contributed by atoms with van der Waals surface area (Å²) in [5.74, 6) is 0.342. The van der Waals surface area contributed by atoms with E-state index >= 15 is 0 Å². The van der Waals surface area contributed by atoms with Gasteiger partial charge in [0.15, 0.2) is 0 Å². The van der Waals surface area contributed by atoms with Gasteiger partial charge in [-0.2, -0.15) is 0 Å². The molecular weight excluding hydrogens is 286 g/mol. The number of ether oxygens (including phenoxy) is 2. The van der Waals surface area contributed by atoms with Crippen LogP contribution in [0.15, 0.2) is 23.6 Å². The first-order valence-electron chi connectivity index (χ1n) is 5.49. The second-order valence-corrected chi connectivity index (χ2v) is 4.98. The molecule has 0 spiro atoms. The van der Waals surface area contributed by atoms with Crippen molar-refractivity contribution in [2.75, 3.05) is 14.2 Å². The molecule has 4 nitrogen and oxygen atoms in total. The van der Waals surface area contributed by atoms with Gasteiger partial charge in [-0.05, 0) is 12.1 Å². The van der Waals surface area contributed by atoms with Crippen LogP contribution in [0.3, 0.4) is 0 Å². The Kier molecular flexibility index (Phi) is 4.39. The maximum atomic E-state index is 11.2. The van der Waals surface area contributed by atoms with E-state index in [9.17, 15) is 4.79 Å². The lowest BCUT2D eigenvalue weighted by molar-refractivity contribution is -0.139. The molecule has 0 radical (unpaired) electrons. The molecule has 0 N–H and O–H groups in total. The molecule has 1 aromatic carbocycles. The van der Waals surface area contributed by atoms with E-state index in [0.717, 1.165) is 10.6 Å². The third-order valence-electron chi connectivity index (χ3n) is 2.51. The topological polar surface area (TPSA) is 48.4 Å². The van der Waals surface area contributed by atoms with E-state index in [2.05, 4.69) is 9.72 Å². The van der Waals surface area contributed by atoms with Crippen LogP contribution < -0.4 is 4.74 Å². The largest absolute Gasteiger partial charge is 0.496 e. The summed E-state index contributed by atoms with van der Waals surface area (Å²) in [6.45, 7) is 0. The SMILES string of the molecule is COC(=O)Cc1csc(-c2c(Cl)cccc2OC)n1. The first-order chi connectivity index (χ1) is 9.15. The summed E-state index contributed by atoms with van der Waals surface area (Å²) in [7, 11) is 2.94. The summed E-state index contributed by atoms with van der Waals surface area (Å²) in [4.78, 5) is 15.6. The zero-order valence-corrected chi connectivity index (χ0v) is 12.0. The maximum absolute atomic E-state index is 11.2. The van der Waals surface area contributed by atoms with E-state index in [-0.39, 0.29) is 12.4 Å². The fourth-order valence-corrected chi connectivity index (χ4v) is 2.80. The van der Waals surface area contributed by atoms with Crippen LogP contribution >= 0.6 is 22.9 Å². The second-order valence-electron chi connectivity index (χ2n) is 3.71. The lowest BCUT2D eigenvalue weighted by Gasteiger charge is -2.07. The molecule has 6 heteroatoms. The Morgan fingerprint density at radius 1 is 1.42 bits per heavy atom. The average Bonchev–Trinajstić information content (AvgIpc) is 2.86. The molecule has 0 saturated carbocycles. The molecule has 0 amide bonds. The zero-order chi connectivity index (χ0) is 13.8. The monoisotopic (exact) mass is 297 g/mol. The van der Waals surface area contributed by atoms with Crippen LogP contribution in [0.1, 0.15) is 5.69 Å². The number of thiazole rings is 1. The van der Waals surface area contributed by atoms with Crippen molar-refractivity contribution >= 4 is 28.9 Å². The summed E-state index contributed by atoms with van der Waals surface area (Å²) in [6, 6.07) is 5.41. The van der Waals surface area contributed by atoms with Gasteiger partial charge in [-0.1, -0.05) is 17.7 Å². The van der Waals surface area contributed by atoms with Crippen LogP contribution in [-0.2, 0) is 16.0 Å². The van der Waals surface area contributed by atoms with Gasteiger partial charge in [0.1, 0.15) is 10.8 Å². The molecule has 1 heterocycles. The summed E-state index contributed by atoms with van der Waals surface area (Å²) in [5.41, 5.74) is 1.40. The van der Waals surface area contributed by atoms with Crippen molar-refractivity contribution in [3.05, 3.63) is 34.3 Å². The Morgan fingerprint density at radius 2 is 2.21 bits per heavy atom. The Bertz CT molecular complexity index is 597. The molecule has 0 fully saturated rings. The molecule has 0 saturated heterocycles. The van der Waals surface area contributed by atoms with Crippen molar-refractivity contribution in [1.29, 1.82) is 0 Å². The van der Waals surface area contributed by atoms with Crippen molar-refractivity contribution < 1.29 is 14.3 Å². The fraction of sp³-hybridized carbons (Fsp3) is 0.231. The van der Waals surface area contributed by atoms with Crippen LogP contribution in [0, 0.1) is 0 Å². The summed E-state index contributed by atoms with van der Waals surface area (Å²) in [5, 5.41) is 3.11. The van der Waals surface area contributed by atoms with Crippen molar-refractivity contribution in [3.8, 4) is 16.3 Å². The minimum atomic E-state index is -0.317. The van der Waals surface area contributed by atoms with Gasteiger partial charge in [-0.25, -0.2) is 4.98 Å². The number of benzene rings is 1. The average molecular weight is 298 g/mol. The molecule has 0 aliphatic heterocycles. The van der Waals surface area contributed by atoms with Crippen LogP contribution in [-0.4, -0.2) is 25.2 Å². The molecular formula is C13H12ClNO3S. The lowest BCUT2D eigenvalue weighted by Crippen LogP contribution is -2.04. The van der Waals surface area contributed by atoms with Crippen LogP contribution in [0.4, 0.5) is 0 Å². The molecule has 0 bridgehead atoms. The molecule has 2 rings (SSSR count). The highest BCUT2D eigenvalue weighted by Crippen LogP contribution is 2.37. The van der Waals surface area contributed by atoms with Crippen LogP contribution in [0.5, 0.6) is 5.75 Å². The molecule has 0 atom stereocenters. The predicted octanol–water partition coefficient (Wildman–Crippen LogP) is 3.19. The molecule has 1 aromatic heterocycles. The van der Waals surface area contributed by atoms with E-state index in [0.29, 0.717) is 16.5 Å². The van der Waals surface area contributed by atoms with Gasteiger partial charge in [-0.15, -0.1) is 11.3 Å². The Labute approximate surface area is 120 Å². The third-order valence-corrected chi connectivity index (χ3v) is 3.74. The molecule has 100 valence electrons. The van der Waals surface area contributed by atoms with Gasteiger partial charge in [-0.3, -0.25) is 4.79 Å². The van der Waals surface area contributed by atoms with Crippen molar-refractivity contribution in [2.45, 2.75) is 6.42 Å². The van der Waals surface area contributed by atoms with Gasteiger partial charge >= 0.3 is 5.97 Å². The predicted molar refractivity (Wildman–Crippen MR) is 74.8 cm³/mol. The van der Waals surface area contributed by atoms with Crippen molar-refractivity contribution in [2.24, 2.45) is 0 Å². The highest BCUT2D eigenvalue weighted by molar-refractivity contribution is 7.13. The minimum absolute atomic E-state index is 0.153. The Balaban J connectivity index is 2.35. The lowest BCUT2D eigenvalue weighted by atomic mass is 10.2. The minimum Gasteiger partial charge on any atom is -0.496 e. The standard InChI is InChI=1S/C13H12ClNO3S/c1-17-10-5-3-4-9(14)12(10)13-15-8(7-19-13)6-11(16)18-2/h3-5,7H,6H2,1-2H3. The molecule has 19 heavy (non-hydrogen) atoms. The number of aromatic nitrogens is 1. The van der Waals surface area contributed by atoms with Gasteiger partial charge in [0.05, 0.1) is 36.9 Å². The molecule has 2 aromatic rings. The van der Waals surface area contributed by atoms with E-state index < -0.39 is 0 Å². The molecule has 0 unspecified atom stereocenters. The number of halogens is 1. The number of carbonyl (C=O) groups is 1. The number of rotatable bonds is 4. The van der Waals surface area contributed by atoms with E-state index in [4.69, 9.17) is 16.3 Å². The maximum Gasteiger partial charge on any atom is 0.311 e. The van der Waals surface area contributed by atoms with E-state index in [1.165, 1.54) is 18.4 Å². The molecule has 0 aliphatic rings. The number of esters is 1. The van der Waals surface area contributed by atoms with Gasteiger partial charge in [0, 0.05) is 5.38 Å². The fourth-order valence-electron chi connectivity index (χ4n) is 1.61. The van der Waals surface area contributed by atoms with Gasteiger partial charge < -0.3 is 9.47 Å². The number of hydrogen-bond donors (Lipinski definition) is 0. The number of methoxy groups -OCH3 is 2. The van der Waals surface area contributed by atoms with Crippen LogP contribution in [0.2, 0.25) is 5.02 Å². The first kappa shape index (κ1) is 13.8. The quantitative estimate of drug-likeness (QED) is 0.813. The van der Waals surface area contributed by atoms with E-state index in [1.807, 2.05) is 17.5 Å². The normalized spacial score (nSPS) is 10.3. The van der Waals surface area contributed by atoms with E-state index in [1.54, 1.807) is 13.2 Å². The highest BCUT2D eigenvalue weighted by atomic mass is 35.5. The number of carbonyl (C=O) groups excluding carboxylic acids is 1. The summed E-state index contributed by atoms with van der Waals surface area (Å²) >= 11 is 7.60. The smallest absolute Gasteiger partial charge is 0.311 e. The number of nitrogens with zero attached hydrogens (tertiary/aromatic N) is 1. The Hall–Kier alpha value is -1.59. The van der Waals surface area contributed by atoms with Crippen molar-refractivity contribution in [3.63, 3.8) is 0 Å². The highest BCUT2D eigenvalue weighted by Gasteiger charge is 2.15. The number of hydrogen-bond acceptors (Lipinski definition) is 5. The summed E-state index contributed by atoms with van der Waals surface area (Å²) in [6.07, 6.45) is 0.153. The van der Waals surface area contributed by atoms with Crippen LogP contribution in [0.25, 0.3) is 10.6 Å². The molecule has 0 aliphatic carbocycles. The third kappa shape index (κ3) is 3.05. The second kappa shape index (κ2) is 6.04. The van der Waals surface area contributed by atoms with Gasteiger partial charge in [0.25, 0.3) is 0 Å². The Morgan fingerprint density at radius 3 is 2.89 bits per heavy atom. The van der Waals surface area contributed by atoms with Crippen molar-refractivity contribution in [1.82, 2.24) is 4.98 Å². The van der Waals surface area contributed by atoms with Gasteiger partial charge in [0.2, 0.25) is 0 Å². The zero-order valence-electron chi connectivity index (χ0n) is 10.5. The first-order valence-corrected chi connectivity index (χ1v) is 6.75. The summed E-state index contributed by atoms with van der Waals surface area (Å²) < 4.78 is 9.90.